The second kappa shape index (κ2) is 12.0. The van der Waals surface area contributed by atoms with Crippen molar-refractivity contribution in [1.29, 1.82) is 0 Å². The van der Waals surface area contributed by atoms with Crippen molar-refractivity contribution in [1.82, 2.24) is 10.2 Å². The quantitative estimate of drug-likeness (QED) is 0.553. The van der Waals surface area contributed by atoms with Gasteiger partial charge in [-0.2, -0.15) is 0 Å². The Bertz CT molecular complexity index is 958. The lowest BCUT2D eigenvalue weighted by Crippen LogP contribution is -2.43. The smallest absolute Gasteiger partial charge is 0.242 e. The van der Waals surface area contributed by atoms with Gasteiger partial charge in [-0.1, -0.05) is 72.8 Å². The molecule has 30 heavy (non-hydrogen) atoms. The molecule has 0 aliphatic heterocycles. The average Bonchev–Trinajstić information content (AvgIpc) is 2.76. The lowest BCUT2D eigenvalue weighted by Gasteiger charge is -2.22. The minimum atomic E-state index is -0.162. The third-order valence-electron chi connectivity index (χ3n) is 4.93. The molecule has 0 bridgehead atoms. The van der Waals surface area contributed by atoms with Crippen molar-refractivity contribution in [3.8, 4) is 0 Å². The average molecular weight is 426 g/mol. The number of benzene rings is 3. The summed E-state index contributed by atoms with van der Waals surface area (Å²) in [6.07, 6.45) is 1.01. The van der Waals surface area contributed by atoms with Crippen LogP contribution in [-0.4, -0.2) is 42.9 Å². The molecule has 3 N–H and O–H groups in total. The molecule has 6 heteroatoms. The summed E-state index contributed by atoms with van der Waals surface area (Å²) in [4.78, 5) is 26.7. The van der Waals surface area contributed by atoms with E-state index in [4.69, 9.17) is 5.73 Å². The topological polar surface area (TPSA) is 75.4 Å². The number of hydrogen-bond acceptors (Lipinski definition) is 3. The Morgan fingerprint density at radius 1 is 0.867 bits per heavy atom. The first-order valence-corrected chi connectivity index (χ1v) is 9.92. The van der Waals surface area contributed by atoms with Crippen LogP contribution in [0.3, 0.4) is 0 Å². The minimum Gasteiger partial charge on any atom is -0.347 e. The van der Waals surface area contributed by atoms with Gasteiger partial charge >= 0.3 is 0 Å². The van der Waals surface area contributed by atoms with Crippen molar-refractivity contribution in [2.75, 3.05) is 26.2 Å². The van der Waals surface area contributed by atoms with Gasteiger partial charge in [0.25, 0.3) is 0 Å². The normalized spacial score (nSPS) is 10.3. The Hall–Kier alpha value is -2.89. The molecule has 158 valence electrons. The molecule has 2 amide bonds. The molecule has 0 aliphatic rings. The fraction of sp³-hybridized carbons (Fsp3) is 0.250. The number of nitrogens with zero attached hydrogens (tertiary/aromatic N) is 1. The standard InChI is InChI=1S/C24H27N3O2.ClH/c25-14-16-27(15-13-19-7-2-1-3-8-19)24(29)18-26-23(28)17-21-11-6-10-20-9-4-5-12-22(20)21;/h1-12H,13-18,25H2,(H,26,28);1H. The minimum absolute atomic E-state index is 0. The van der Waals surface area contributed by atoms with E-state index in [-0.39, 0.29) is 37.2 Å². The molecule has 0 aliphatic carbocycles. The van der Waals surface area contributed by atoms with Crippen LogP contribution in [0.1, 0.15) is 11.1 Å². The van der Waals surface area contributed by atoms with E-state index in [9.17, 15) is 9.59 Å². The van der Waals surface area contributed by atoms with Gasteiger partial charge in [0.05, 0.1) is 13.0 Å². The fourth-order valence-corrected chi connectivity index (χ4v) is 3.39. The zero-order valence-electron chi connectivity index (χ0n) is 16.9. The number of nitrogens with one attached hydrogen (secondary N) is 1. The second-order valence-corrected chi connectivity index (χ2v) is 7.00. The summed E-state index contributed by atoms with van der Waals surface area (Å²) in [5, 5.41) is 4.92. The second-order valence-electron chi connectivity index (χ2n) is 7.00. The summed E-state index contributed by atoms with van der Waals surface area (Å²) < 4.78 is 0. The predicted octanol–water partition coefficient (Wildman–Crippen LogP) is 2.95. The van der Waals surface area contributed by atoms with Gasteiger partial charge in [-0.15, -0.1) is 12.4 Å². The molecule has 3 rings (SSSR count). The Morgan fingerprint density at radius 2 is 1.57 bits per heavy atom. The van der Waals surface area contributed by atoms with Crippen LogP contribution in [0.15, 0.2) is 72.8 Å². The van der Waals surface area contributed by atoms with Crippen molar-refractivity contribution in [2.45, 2.75) is 12.8 Å². The van der Waals surface area contributed by atoms with E-state index in [0.29, 0.717) is 19.6 Å². The number of carbonyl (C=O) groups is 2. The van der Waals surface area contributed by atoms with Gasteiger partial charge in [-0.05, 0) is 28.3 Å². The van der Waals surface area contributed by atoms with Crippen molar-refractivity contribution in [2.24, 2.45) is 5.73 Å². The molecule has 0 fully saturated rings. The first kappa shape index (κ1) is 23.4. The summed E-state index contributed by atoms with van der Waals surface area (Å²) in [5.74, 6) is -0.275. The first-order chi connectivity index (χ1) is 14.2. The van der Waals surface area contributed by atoms with Crippen LogP contribution in [-0.2, 0) is 22.4 Å². The largest absolute Gasteiger partial charge is 0.347 e. The number of fused-ring (bicyclic) bond motifs is 1. The van der Waals surface area contributed by atoms with E-state index in [1.165, 1.54) is 5.56 Å². The maximum Gasteiger partial charge on any atom is 0.242 e. The highest BCUT2D eigenvalue weighted by Gasteiger charge is 2.14. The molecule has 0 saturated heterocycles. The fourth-order valence-electron chi connectivity index (χ4n) is 3.39. The Kier molecular flexibility index (Phi) is 9.32. The van der Waals surface area contributed by atoms with E-state index in [0.717, 1.165) is 22.8 Å². The predicted molar refractivity (Wildman–Crippen MR) is 124 cm³/mol. The van der Waals surface area contributed by atoms with E-state index < -0.39 is 0 Å². The maximum atomic E-state index is 12.6. The number of rotatable bonds is 9. The summed E-state index contributed by atoms with van der Waals surface area (Å²) in [6.45, 7) is 1.44. The molecule has 0 aromatic heterocycles. The Morgan fingerprint density at radius 3 is 2.33 bits per heavy atom. The summed E-state index contributed by atoms with van der Waals surface area (Å²) in [7, 11) is 0. The van der Waals surface area contributed by atoms with Crippen LogP contribution >= 0.6 is 12.4 Å². The zero-order valence-corrected chi connectivity index (χ0v) is 17.7. The molecule has 0 spiro atoms. The van der Waals surface area contributed by atoms with E-state index in [1.54, 1.807) is 4.90 Å². The third-order valence-corrected chi connectivity index (χ3v) is 4.93. The van der Waals surface area contributed by atoms with Gasteiger partial charge < -0.3 is 16.0 Å². The Balaban J connectivity index is 0.00000320. The highest BCUT2D eigenvalue weighted by molar-refractivity contribution is 5.91. The van der Waals surface area contributed by atoms with Gasteiger partial charge in [-0.25, -0.2) is 0 Å². The van der Waals surface area contributed by atoms with Gasteiger partial charge in [0.2, 0.25) is 11.8 Å². The van der Waals surface area contributed by atoms with Crippen molar-refractivity contribution in [3.63, 3.8) is 0 Å². The molecule has 0 radical (unpaired) electrons. The van der Waals surface area contributed by atoms with Crippen LogP contribution < -0.4 is 11.1 Å². The molecule has 0 unspecified atom stereocenters. The zero-order chi connectivity index (χ0) is 20.5. The molecule has 0 atom stereocenters. The Labute approximate surface area is 183 Å². The number of halogens is 1. The van der Waals surface area contributed by atoms with E-state index in [1.807, 2.05) is 72.8 Å². The molecular weight excluding hydrogens is 398 g/mol. The van der Waals surface area contributed by atoms with E-state index >= 15 is 0 Å². The van der Waals surface area contributed by atoms with Crippen LogP contribution in [0.5, 0.6) is 0 Å². The lowest BCUT2D eigenvalue weighted by atomic mass is 10.0. The van der Waals surface area contributed by atoms with Gasteiger partial charge in [0.1, 0.15) is 0 Å². The highest BCUT2D eigenvalue weighted by atomic mass is 35.5. The van der Waals surface area contributed by atoms with Gasteiger partial charge in [0.15, 0.2) is 0 Å². The lowest BCUT2D eigenvalue weighted by molar-refractivity contribution is -0.132. The van der Waals surface area contributed by atoms with Gasteiger partial charge in [-0.3, -0.25) is 9.59 Å². The van der Waals surface area contributed by atoms with Crippen molar-refractivity contribution >= 4 is 35.0 Å². The monoisotopic (exact) mass is 425 g/mol. The van der Waals surface area contributed by atoms with Crippen molar-refractivity contribution < 1.29 is 9.59 Å². The van der Waals surface area contributed by atoms with Crippen LogP contribution in [0.4, 0.5) is 0 Å². The van der Waals surface area contributed by atoms with Crippen LogP contribution in [0, 0.1) is 0 Å². The first-order valence-electron chi connectivity index (χ1n) is 9.92. The molecule has 3 aromatic carbocycles. The SMILES string of the molecule is Cl.NCCN(CCc1ccccc1)C(=O)CNC(=O)Cc1cccc2ccccc12. The summed E-state index contributed by atoms with van der Waals surface area (Å²) in [6, 6.07) is 23.9. The molecule has 3 aromatic rings. The van der Waals surface area contributed by atoms with Crippen LogP contribution in [0.2, 0.25) is 0 Å². The molecular formula is C24H28ClN3O2. The third kappa shape index (κ3) is 6.58. The number of nitrogens with two attached hydrogens (primary N) is 1. The summed E-state index contributed by atoms with van der Waals surface area (Å²) in [5.41, 5.74) is 7.79. The van der Waals surface area contributed by atoms with Gasteiger partial charge in [0, 0.05) is 19.6 Å². The van der Waals surface area contributed by atoms with Crippen molar-refractivity contribution in [3.05, 3.63) is 83.9 Å². The molecule has 0 heterocycles. The number of hydrogen-bond donors (Lipinski definition) is 2. The number of carbonyl (C=O) groups excluding carboxylic acids is 2. The van der Waals surface area contributed by atoms with E-state index in [2.05, 4.69) is 5.32 Å². The highest BCUT2D eigenvalue weighted by Crippen LogP contribution is 2.18. The maximum absolute atomic E-state index is 12.6. The summed E-state index contributed by atoms with van der Waals surface area (Å²) >= 11 is 0. The number of amides is 2. The molecule has 0 saturated carbocycles. The molecule has 5 nitrogen and oxygen atoms in total. The van der Waals surface area contributed by atoms with Crippen LogP contribution in [0.25, 0.3) is 10.8 Å².